The summed E-state index contributed by atoms with van der Waals surface area (Å²) in [5.41, 5.74) is 1.17. The Kier molecular flexibility index (Phi) is 7.97. The summed E-state index contributed by atoms with van der Waals surface area (Å²) >= 11 is 0. The number of methoxy groups -OCH3 is 2. The van der Waals surface area contributed by atoms with Gasteiger partial charge in [0.05, 0.1) is 31.6 Å². The van der Waals surface area contributed by atoms with Crippen LogP contribution in [0.25, 0.3) is 10.9 Å². The second-order valence-electron chi connectivity index (χ2n) is 8.49. The zero-order valence-electron chi connectivity index (χ0n) is 20.7. The number of carbonyl (C=O) groups is 2. The zero-order chi connectivity index (χ0) is 27.2. The fourth-order valence-electron chi connectivity index (χ4n) is 3.99. The molecule has 1 amide bonds. The van der Waals surface area contributed by atoms with Gasteiger partial charge in [0.1, 0.15) is 17.0 Å². The van der Waals surface area contributed by atoms with E-state index >= 15 is 0 Å². The molecule has 11 heteroatoms. The molecule has 4 rings (SSSR count). The number of hydrogen-bond acceptors (Lipinski definition) is 8. The van der Waals surface area contributed by atoms with Crippen molar-refractivity contribution in [2.75, 3.05) is 19.5 Å². The highest BCUT2D eigenvalue weighted by atomic mass is 16.5. The Morgan fingerprint density at radius 2 is 1.66 bits per heavy atom. The largest absolute Gasteiger partial charge is 0.497 e. The quantitative estimate of drug-likeness (QED) is 0.288. The molecular formula is C27H26N4O7. The zero-order valence-corrected chi connectivity index (χ0v) is 20.7. The fourth-order valence-corrected chi connectivity index (χ4v) is 3.99. The van der Waals surface area contributed by atoms with Crippen molar-refractivity contribution >= 4 is 28.5 Å². The molecule has 3 aromatic carbocycles. The summed E-state index contributed by atoms with van der Waals surface area (Å²) in [7, 11) is 2.97. The van der Waals surface area contributed by atoms with Crippen LogP contribution in [0.2, 0.25) is 0 Å². The summed E-state index contributed by atoms with van der Waals surface area (Å²) in [5.74, 6) is -1.90. The molecule has 0 radical (unpaired) electrons. The molecule has 1 aromatic heterocycles. The number of nitrogens with zero attached hydrogens (tertiary/aromatic N) is 3. The molecular weight excluding hydrogens is 492 g/mol. The molecule has 38 heavy (non-hydrogen) atoms. The third-order valence-corrected chi connectivity index (χ3v) is 6.10. The third-order valence-electron chi connectivity index (χ3n) is 6.10. The summed E-state index contributed by atoms with van der Waals surface area (Å²) in [6, 6.07) is 17.7. The van der Waals surface area contributed by atoms with Crippen LogP contribution in [0.5, 0.6) is 11.5 Å². The Morgan fingerprint density at radius 1 is 1.00 bits per heavy atom. The molecule has 2 atom stereocenters. The van der Waals surface area contributed by atoms with Crippen LogP contribution in [0.3, 0.4) is 0 Å². The minimum Gasteiger partial charge on any atom is -0.497 e. The van der Waals surface area contributed by atoms with Crippen LogP contribution in [-0.4, -0.2) is 51.3 Å². The number of carboxylic acids is 1. The van der Waals surface area contributed by atoms with Crippen LogP contribution >= 0.6 is 0 Å². The maximum atomic E-state index is 12.7. The summed E-state index contributed by atoms with van der Waals surface area (Å²) in [6.07, 6.45) is -1.41. The molecule has 196 valence electrons. The number of benzene rings is 3. The van der Waals surface area contributed by atoms with E-state index in [9.17, 15) is 24.6 Å². The average Bonchev–Trinajstić information content (AvgIpc) is 2.94. The van der Waals surface area contributed by atoms with Crippen LogP contribution in [0.4, 0.5) is 5.69 Å². The number of amides is 1. The van der Waals surface area contributed by atoms with E-state index in [2.05, 4.69) is 15.6 Å². The summed E-state index contributed by atoms with van der Waals surface area (Å²) in [4.78, 5) is 37.3. The van der Waals surface area contributed by atoms with Crippen LogP contribution in [-0.2, 0) is 11.3 Å². The first-order chi connectivity index (χ1) is 18.3. The lowest BCUT2D eigenvalue weighted by molar-refractivity contribution is -0.146. The molecule has 0 unspecified atom stereocenters. The highest BCUT2D eigenvalue weighted by Gasteiger charge is 2.28. The van der Waals surface area contributed by atoms with E-state index in [1.165, 1.54) is 26.4 Å². The first-order valence-corrected chi connectivity index (χ1v) is 11.7. The van der Waals surface area contributed by atoms with Crippen LogP contribution in [0.15, 0.2) is 71.5 Å². The Bertz CT molecular complexity index is 1500. The molecule has 0 aliphatic rings. The van der Waals surface area contributed by atoms with Gasteiger partial charge in [-0.05, 0) is 48.4 Å². The van der Waals surface area contributed by atoms with Crippen molar-refractivity contribution in [2.24, 2.45) is 5.92 Å². The van der Waals surface area contributed by atoms with Crippen molar-refractivity contribution in [1.29, 1.82) is 0 Å². The van der Waals surface area contributed by atoms with Gasteiger partial charge in [0.2, 0.25) is 0 Å². The monoisotopic (exact) mass is 518 g/mol. The SMILES string of the molecule is COc1cc(OC)cc(C(=O)Nc2ccc([C@@H](O)[C@H](CCn3nnc4ccccc4c3=O)C(=O)O)cc2)c1. The van der Waals surface area contributed by atoms with E-state index in [4.69, 9.17) is 9.47 Å². The predicted octanol–water partition coefficient (Wildman–Crippen LogP) is 2.89. The average molecular weight is 519 g/mol. The van der Waals surface area contributed by atoms with Crippen LogP contribution in [0, 0.1) is 5.92 Å². The molecule has 0 saturated heterocycles. The summed E-state index contributed by atoms with van der Waals surface area (Å²) in [5, 5.41) is 31.6. The van der Waals surface area contributed by atoms with Crippen LogP contribution in [0.1, 0.15) is 28.4 Å². The number of aromatic nitrogens is 3. The molecule has 0 aliphatic carbocycles. The maximum Gasteiger partial charge on any atom is 0.309 e. The van der Waals surface area contributed by atoms with Crippen molar-refractivity contribution in [3.05, 3.63) is 88.2 Å². The number of aryl methyl sites for hydroxylation is 1. The first-order valence-electron chi connectivity index (χ1n) is 11.7. The van der Waals surface area contributed by atoms with E-state index < -0.39 is 23.9 Å². The molecule has 4 aromatic rings. The Morgan fingerprint density at radius 3 is 2.29 bits per heavy atom. The summed E-state index contributed by atoms with van der Waals surface area (Å²) in [6.45, 7) is -0.0389. The van der Waals surface area contributed by atoms with Crippen molar-refractivity contribution in [2.45, 2.75) is 19.1 Å². The Hall–Kier alpha value is -4.77. The maximum absolute atomic E-state index is 12.7. The van der Waals surface area contributed by atoms with E-state index in [-0.39, 0.29) is 18.5 Å². The van der Waals surface area contributed by atoms with Gasteiger partial charge in [-0.2, -0.15) is 0 Å². The molecule has 0 saturated carbocycles. The Balaban J connectivity index is 1.45. The molecule has 0 aliphatic heterocycles. The molecule has 0 spiro atoms. The molecule has 0 bridgehead atoms. The number of anilines is 1. The molecule has 3 N–H and O–H groups in total. The second-order valence-corrected chi connectivity index (χ2v) is 8.49. The highest BCUT2D eigenvalue weighted by molar-refractivity contribution is 6.04. The van der Waals surface area contributed by atoms with Crippen molar-refractivity contribution in [3.63, 3.8) is 0 Å². The molecule has 11 nitrogen and oxygen atoms in total. The topological polar surface area (TPSA) is 153 Å². The van der Waals surface area contributed by atoms with Crippen LogP contribution < -0.4 is 20.3 Å². The number of aliphatic hydroxyl groups is 1. The smallest absolute Gasteiger partial charge is 0.309 e. The normalized spacial score (nSPS) is 12.5. The number of carbonyl (C=O) groups excluding carboxylic acids is 1. The second kappa shape index (κ2) is 11.5. The van der Waals surface area contributed by atoms with E-state index in [1.54, 1.807) is 54.6 Å². The predicted molar refractivity (Wildman–Crippen MR) is 138 cm³/mol. The standard InChI is InChI=1S/C27H26N4O7/c1-37-19-13-17(14-20(15-19)38-2)25(33)28-18-9-7-16(8-10-18)24(32)22(27(35)36)11-12-31-26(34)21-5-3-4-6-23(21)29-30-31/h3-10,13-15,22,24,32H,11-12H2,1-2H3,(H,28,33)(H,35,36)/t22-,24+/m0/s1. The lowest BCUT2D eigenvalue weighted by Gasteiger charge is -2.20. The van der Waals surface area contributed by atoms with Gasteiger partial charge in [-0.25, -0.2) is 4.68 Å². The third kappa shape index (κ3) is 5.79. The van der Waals surface area contributed by atoms with E-state index in [0.717, 1.165) is 4.68 Å². The lowest BCUT2D eigenvalue weighted by atomic mass is 9.92. The van der Waals surface area contributed by atoms with Gasteiger partial charge in [-0.15, -0.1) is 5.10 Å². The van der Waals surface area contributed by atoms with Gasteiger partial charge < -0.3 is 25.0 Å². The number of carboxylic acid groups (broad SMARTS) is 1. The first kappa shape index (κ1) is 26.3. The summed E-state index contributed by atoms with van der Waals surface area (Å²) < 4.78 is 11.5. The number of nitrogens with one attached hydrogen (secondary N) is 1. The van der Waals surface area contributed by atoms with Crippen molar-refractivity contribution < 1.29 is 29.3 Å². The lowest BCUT2D eigenvalue weighted by Crippen LogP contribution is -2.29. The van der Waals surface area contributed by atoms with Gasteiger partial charge in [0.15, 0.2) is 0 Å². The number of aliphatic carboxylic acids is 1. The molecule has 1 heterocycles. The number of rotatable bonds is 10. The van der Waals surface area contributed by atoms with Gasteiger partial charge in [0.25, 0.3) is 11.5 Å². The number of hydrogen-bond donors (Lipinski definition) is 3. The van der Waals surface area contributed by atoms with Gasteiger partial charge in [-0.3, -0.25) is 14.4 Å². The number of aliphatic hydroxyl groups excluding tert-OH is 1. The van der Waals surface area contributed by atoms with E-state index in [0.29, 0.717) is 39.2 Å². The highest BCUT2D eigenvalue weighted by Crippen LogP contribution is 2.27. The van der Waals surface area contributed by atoms with Gasteiger partial charge >= 0.3 is 5.97 Å². The van der Waals surface area contributed by atoms with Gasteiger partial charge in [0, 0.05) is 23.9 Å². The molecule has 0 fully saturated rings. The Labute approximate surface area is 217 Å². The van der Waals surface area contributed by atoms with Crippen molar-refractivity contribution in [1.82, 2.24) is 15.0 Å². The number of fused-ring (bicyclic) bond motifs is 1. The minimum atomic E-state index is -1.36. The van der Waals surface area contributed by atoms with Gasteiger partial charge in [-0.1, -0.05) is 29.5 Å². The fraction of sp³-hybridized carbons (Fsp3) is 0.222. The number of ether oxygens (including phenoxy) is 2. The van der Waals surface area contributed by atoms with E-state index in [1.807, 2.05) is 0 Å². The van der Waals surface area contributed by atoms with Crippen molar-refractivity contribution in [3.8, 4) is 11.5 Å². The minimum absolute atomic E-state index is 0.0389.